The van der Waals surface area contributed by atoms with Crippen molar-refractivity contribution in [2.75, 3.05) is 7.11 Å². The third-order valence-electron chi connectivity index (χ3n) is 6.00. The van der Waals surface area contributed by atoms with Gasteiger partial charge in [-0.25, -0.2) is 9.69 Å². The van der Waals surface area contributed by atoms with E-state index in [-0.39, 0.29) is 18.1 Å². The number of rotatable bonds is 7. The van der Waals surface area contributed by atoms with Crippen LogP contribution in [0.5, 0.6) is 5.75 Å². The van der Waals surface area contributed by atoms with Gasteiger partial charge >= 0.3 is 0 Å². The van der Waals surface area contributed by atoms with Crippen LogP contribution in [0.4, 0.5) is 5.69 Å². The zero-order valence-corrected chi connectivity index (χ0v) is 20.3. The maximum Gasteiger partial charge on any atom is 0.269 e. The fraction of sp³-hybridized carbons (Fsp3) is 0.160. The van der Waals surface area contributed by atoms with E-state index >= 15 is 0 Å². The summed E-state index contributed by atoms with van der Waals surface area (Å²) < 4.78 is 6.61. The Kier molecular flexibility index (Phi) is 6.60. The first-order valence-corrected chi connectivity index (χ1v) is 11.6. The summed E-state index contributed by atoms with van der Waals surface area (Å²) >= 11 is 6.04. The number of aromatic nitrogens is 4. The number of nitro benzene ring substituents is 1. The maximum absolute atomic E-state index is 13.5. The predicted octanol–water partition coefficient (Wildman–Crippen LogP) is 4.29. The summed E-state index contributed by atoms with van der Waals surface area (Å²) in [6, 6.07) is 20.0. The highest BCUT2D eigenvalue weighted by Gasteiger charge is 2.34. The molecule has 1 amide bonds. The van der Waals surface area contributed by atoms with Crippen LogP contribution in [-0.4, -0.2) is 48.9 Å². The number of non-ortho nitro benzene ring substituents is 1. The molecule has 12 heteroatoms. The molecule has 3 aromatic carbocycles. The van der Waals surface area contributed by atoms with E-state index in [1.165, 1.54) is 21.8 Å². The molecule has 0 fully saturated rings. The molecule has 0 bridgehead atoms. The van der Waals surface area contributed by atoms with Gasteiger partial charge in [0.05, 0.1) is 23.8 Å². The number of nitro groups is 1. The molecule has 0 radical (unpaired) electrons. The van der Waals surface area contributed by atoms with Gasteiger partial charge in [-0.1, -0.05) is 35.9 Å². The first-order valence-electron chi connectivity index (χ1n) is 11.2. The Balaban J connectivity index is 1.45. The number of tetrazole rings is 1. The average Bonchev–Trinajstić information content (AvgIpc) is 3.57. The van der Waals surface area contributed by atoms with Crippen LogP contribution in [0, 0.1) is 10.1 Å². The van der Waals surface area contributed by atoms with Gasteiger partial charge in [0.15, 0.2) is 5.82 Å². The standard InChI is InChI=1S/C25H20ClN7O4/c1-37-21-12-6-18(7-13-21)25-27-29-30-31(25)15-24(34)32-23(17-4-10-20(11-5-17)33(35)36)14-22(28-32)16-2-8-19(26)9-3-16/h2-13,23H,14-15H2,1H3. The molecule has 1 aliphatic heterocycles. The zero-order chi connectivity index (χ0) is 25.9. The Morgan fingerprint density at radius 2 is 1.73 bits per heavy atom. The van der Waals surface area contributed by atoms with Gasteiger partial charge in [-0.15, -0.1) is 5.10 Å². The van der Waals surface area contributed by atoms with E-state index in [4.69, 9.17) is 16.3 Å². The van der Waals surface area contributed by atoms with Gasteiger partial charge in [0, 0.05) is 29.1 Å². The van der Waals surface area contributed by atoms with Crippen molar-refractivity contribution < 1.29 is 14.5 Å². The van der Waals surface area contributed by atoms with Gasteiger partial charge in [-0.2, -0.15) is 5.10 Å². The van der Waals surface area contributed by atoms with E-state index in [0.29, 0.717) is 28.7 Å². The summed E-state index contributed by atoms with van der Waals surface area (Å²) in [5.74, 6) is 0.768. The largest absolute Gasteiger partial charge is 0.497 e. The van der Waals surface area contributed by atoms with Crippen molar-refractivity contribution in [3.63, 3.8) is 0 Å². The van der Waals surface area contributed by atoms with Crippen LogP contribution < -0.4 is 4.74 Å². The van der Waals surface area contributed by atoms with Gasteiger partial charge in [0.1, 0.15) is 12.3 Å². The SMILES string of the molecule is COc1ccc(-c2nnnn2CC(=O)N2N=C(c3ccc(Cl)cc3)CC2c2ccc([N+](=O)[O-])cc2)cc1. The number of amides is 1. The minimum absolute atomic E-state index is 0.0312. The number of ether oxygens (including phenoxy) is 1. The summed E-state index contributed by atoms with van der Waals surface area (Å²) in [5, 5.41) is 29.5. The van der Waals surface area contributed by atoms with E-state index in [9.17, 15) is 14.9 Å². The summed E-state index contributed by atoms with van der Waals surface area (Å²) in [7, 11) is 1.58. The molecule has 0 aliphatic carbocycles. The fourth-order valence-corrected chi connectivity index (χ4v) is 4.22. The smallest absolute Gasteiger partial charge is 0.269 e. The second kappa shape index (κ2) is 10.2. The number of hydrazone groups is 1. The lowest BCUT2D eigenvalue weighted by atomic mass is 9.98. The lowest BCUT2D eigenvalue weighted by molar-refractivity contribution is -0.384. The molecule has 1 aromatic heterocycles. The molecule has 37 heavy (non-hydrogen) atoms. The molecule has 186 valence electrons. The molecule has 1 atom stereocenters. The minimum Gasteiger partial charge on any atom is -0.497 e. The van der Waals surface area contributed by atoms with Crippen LogP contribution in [0.25, 0.3) is 11.4 Å². The number of nitrogens with zero attached hydrogens (tertiary/aromatic N) is 7. The molecule has 5 rings (SSSR count). The predicted molar refractivity (Wildman–Crippen MR) is 135 cm³/mol. The Hall–Kier alpha value is -4.64. The van der Waals surface area contributed by atoms with Crippen molar-refractivity contribution in [3.8, 4) is 17.1 Å². The van der Waals surface area contributed by atoms with Crippen molar-refractivity contribution in [1.82, 2.24) is 25.2 Å². The van der Waals surface area contributed by atoms with E-state index in [0.717, 1.165) is 16.7 Å². The van der Waals surface area contributed by atoms with E-state index < -0.39 is 11.0 Å². The lowest BCUT2D eigenvalue weighted by Crippen LogP contribution is -2.31. The monoisotopic (exact) mass is 517 g/mol. The van der Waals surface area contributed by atoms with Crippen LogP contribution in [-0.2, 0) is 11.3 Å². The molecule has 4 aromatic rings. The number of hydrogen-bond acceptors (Lipinski definition) is 8. The number of carbonyl (C=O) groups is 1. The first kappa shape index (κ1) is 24.1. The summed E-state index contributed by atoms with van der Waals surface area (Å²) in [5.41, 5.74) is 2.93. The molecule has 1 aliphatic rings. The quantitative estimate of drug-likeness (QED) is 0.264. The van der Waals surface area contributed by atoms with Crippen molar-refractivity contribution in [2.45, 2.75) is 19.0 Å². The average molecular weight is 518 g/mol. The van der Waals surface area contributed by atoms with Gasteiger partial charge in [0.25, 0.3) is 11.6 Å². The van der Waals surface area contributed by atoms with E-state index in [2.05, 4.69) is 20.6 Å². The second-order valence-corrected chi connectivity index (χ2v) is 8.69. The molecule has 11 nitrogen and oxygen atoms in total. The van der Waals surface area contributed by atoms with Crippen molar-refractivity contribution >= 4 is 28.9 Å². The maximum atomic E-state index is 13.5. The molecule has 0 saturated carbocycles. The number of hydrogen-bond donors (Lipinski definition) is 0. The topological polar surface area (TPSA) is 129 Å². The number of benzene rings is 3. The Bertz CT molecular complexity index is 1470. The minimum atomic E-state index is -0.463. The van der Waals surface area contributed by atoms with Crippen LogP contribution in [0.1, 0.15) is 23.6 Å². The zero-order valence-electron chi connectivity index (χ0n) is 19.6. The third kappa shape index (κ3) is 5.02. The van der Waals surface area contributed by atoms with Gasteiger partial charge in [-0.05, 0) is 58.0 Å². The first-order chi connectivity index (χ1) is 17.9. The summed E-state index contributed by atoms with van der Waals surface area (Å²) in [4.78, 5) is 24.2. The molecule has 0 saturated heterocycles. The van der Waals surface area contributed by atoms with E-state index in [1.807, 2.05) is 12.1 Å². The van der Waals surface area contributed by atoms with Crippen molar-refractivity contribution in [3.05, 3.63) is 99.1 Å². The fourth-order valence-electron chi connectivity index (χ4n) is 4.09. The Labute approximate surface area is 216 Å². The van der Waals surface area contributed by atoms with Gasteiger partial charge in [-0.3, -0.25) is 14.9 Å². The molecular weight excluding hydrogens is 498 g/mol. The number of carbonyl (C=O) groups excluding carboxylic acids is 1. The highest BCUT2D eigenvalue weighted by Crippen LogP contribution is 2.34. The van der Waals surface area contributed by atoms with Crippen LogP contribution in [0.3, 0.4) is 0 Å². The Morgan fingerprint density at radius 3 is 2.38 bits per heavy atom. The third-order valence-corrected chi connectivity index (χ3v) is 6.25. The molecule has 0 spiro atoms. The van der Waals surface area contributed by atoms with Gasteiger partial charge in [0.2, 0.25) is 0 Å². The van der Waals surface area contributed by atoms with Crippen LogP contribution in [0.15, 0.2) is 77.9 Å². The van der Waals surface area contributed by atoms with Gasteiger partial charge < -0.3 is 4.74 Å². The van der Waals surface area contributed by atoms with Crippen molar-refractivity contribution in [1.29, 1.82) is 0 Å². The highest BCUT2D eigenvalue weighted by atomic mass is 35.5. The molecule has 1 unspecified atom stereocenters. The van der Waals surface area contributed by atoms with E-state index in [1.54, 1.807) is 55.6 Å². The summed E-state index contributed by atoms with van der Waals surface area (Å²) in [6.07, 6.45) is 0.423. The second-order valence-electron chi connectivity index (χ2n) is 8.25. The van der Waals surface area contributed by atoms with Crippen molar-refractivity contribution in [2.24, 2.45) is 5.10 Å². The highest BCUT2D eigenvalue weighted by molar-refractivity contribution is 6.30. The lowest BCUT2D eigenvalue weighted by Gasteiger charge is -2.22. The normalized spacial score (nSPS) is 14.9. The van der Waals surface area contributed by atoms with Crippen LogP contribution >= 0.6 is 11.6 Å². The number of halogens is 1. The number of methoxy groups -OCH3 is 1. The molecular formula is C25H20ClN7O4. The Morgan fingerprint density at radius 1 is 1.05 bits per heavy atom. The molecule has 2 heterocycles. The summed E-state index contributed by atoms with van der Waals surface area (Å²) in [6.45, 7) is -0.157. The molecule has 0 N–H and O–H groups in total. The van der Waals surface area contributed by atoms with Crippen LogP contribution in [0.2, 0.25) is 5.02 Å².